The third-order valence-electron chi connectivity index (χ3n) is 2.61. The molecule has 88 valence electrons. The summed E-state index contributed by atoms with van der Waals surface area (Å²) >= 11 is 7.75. The molecule has 0 nitrogen and oxygen atoms in total. The topological polar surface area (TPSA) is 0 Å². The van der Waals surface area contributed by atoms with E-state index in [1.165, 1.54) is 26.5 Å². The van der Waals surface area contributed by atoms with E-state index in [4.69, 9.17) is 11.6 Å². The van der Waals surface area contributed by atoms with Crippen LogP contribution in [-0.2, 0) is 5.88 Å². The van der Waals surface area contributed by atoms with Crippen LogP contribution in [0.2, 0.25) is 0 Å². The fourth-order valence-electron chi connectivity index (χ4n) is 1.65. The fourth-order valence-corrected chi connectivity index (χ4v) is 2.87. The van der Waals surface area contributed by atoms with Gasteiger partial charge in [0.05, 0.1) is 0 Å². The minimum absolute atomic E-state index is 0.565. The van der Waals surface area contributed by atoms with E-state index in [0.29, 0.717) is 5.88 Å². The standard InChI is InChI=1S/C15H15ClS/c1-11-3-6-14(7-4-11)17-15-8-5-12(2)9-13(15)10-16/h3-9H,10H2,1-2H3. The van der Waals surface area contributed by atoms with Gasteiger partial charge in [-0.3, -0.25) is 0 Å². The van der Waals surface area contributed by atoms with Crippen LogP contribution < -0.4 is 0 Å². The van der Waals surface area contributed by atoms with Crippen molar-refractivity contribution < 1.29 is 0 Å². The van der Waals surface area contributed by atoms with Gasteiger partial charge >= 0.3 is 0 Å². The van der Waals surface area contributed by atoms with Crippen molar-refractivity contribution in [2.45, 2.75) is 29.5 Å². The summed E-state index contributed by atoms with van der Waals surface area (Å²) in [5, 5.41) is 0. The van der Waals surface area contributed by atoms with Gasteiger partial charge in [-0.15, -0.1) is 11.6 Å². The zero-order valence-corrected chi connectivity index (χ0v) is 11.6. The summed E-state index contributed by atoms with van der Waals surface area (Å²) in [5.74, 6) is 0.565. The number of hydrogen-bond donors (Lipinski definition) is 0. The second-order valence-electron chi connectivity index (χ2n) is 4.16. The second kappa shape index (κ2) is 5.61. The van der Waals surface area contributed by atoms with Crippen LogP contribution in [0.1, 0.15) is 16.7 Å². The van der Waals surface area contributed by atoms with Crippen molar-refractivity contribution >= 4 is 23.4 Å². The van der Waals surface area contributed by atoms with Gasteiger partial charge in [-0.25, -0.2) is 0 Å². The summed E-state index contributed by atoms with van der Waals surface area (Å²) in [5.41, 5.74) is 3.75. The molecule has 0 heterocycles. The highest BCUT2D eigenvalue weighted by molar-refractivity contribution is 7.99. The third kappa shape index (κ3) is 3.27. The lowest BCUT2D eigenvalue weighted by molar-refractivity contribution is 1.22. The summed E-state index contributed by atoms with van der Waals surface area (Å²) in [4.78, 5) is 2.50. The summed E-state index contributed by atoms with van der Waals surface area (Å²) in [7, 11) is 0. The van der Waals surface area contributed by atoms with Crippen molar-refractivity contribution in [2.24, 2.45) is 0 Å². The van der Waals surface area contributed by atoms with Crippen molar-refractivity contribution in [2.75, 3.05) is 0 Å². The van der Waals surface area contributed by atoms with Gasteiger partial charge in [0.15, 0.2) is 0 Å². The smallest absolute Gasteiger partial charge is 0.0485 e. The number of aryl methyl sites for hydroxylation is 2. The third-order valence-corrected chi connectivity index (χ3v) is 4.02. The minimum atomic E-state index is 0.565. The van der Waals surface area contributed by atoms with Crippen LogP contribution in [0.25, 0.3) is 0 Å². The molecule has 0 bridgehead atoms. The molecule has 0 saturated heterocycles. The lowest BCUT2D eigenvalue weighted by Crippen LogP contribution is -1.85. The van der Waals surface area contributed by atoms with Crippen molar-refractivity contribution in [1.82, 2.24) is 0 Å². The summed E-state index contributed by atoms with van der Waals surface area (Å²) in [6.45, 7) is 4.20. The largest absolute Gasteiger partial charge is 0.122 e. The molecule has 2 heteroatoms. The van der Waals surface area contributed by atoms with Crippen LogP contribution >= 0.6 is 23.4 Å². The van der Waals surface area contributed by atoms with E-state index in [2.05, 4.69) is 56.3 Å². The highest BCUT2D eigenvalue weighted by Crippen LogP contribution is 2.31. The van der Waals surface area contributed by atoms with Crippen molar-refractivity contribution in [1.29, 1.82) is 0 Å². The van der Waals surface area contributed by atoms with Gasteiger partial charge in [0.2, 0.25) is 0 Å². The monoisotopic (exact) mass is 262 g/mol. The lowest BCUT2D eigenvalue weighted by atomic mass is 10.2. The minimum Gasteiger partial charge on any atom is -0.122 e. The maximum Gasteiger partial charge on any atom is 0.0485 e. The average Bonchev–Trinajstić information content (AvgIpc) is 2.34. The molecule has 0 aliphatic heterocycles. The van der Waals surface area contributed by atoms with Crippen LogP contribution in [-0.4, -0.2) is 0 Å². The van der Waals surface area contributed by atoms with Gasteiger partial charge in [-0.1, -0.05) is 47.2 Å². The molecule has 0 fully saturated rings. The Labute approximate surface area is 112 Å². The first-order valence-electron chi connectivity index (χ1n) is 5.59. The number of halogens is 1. The Morgan fingerprint density at radius 1 is 0.941 bits per heavy atom. The summed E-state index contributed by atoms with van der Waals surface area (Å²) < 4.78 is 0. The Hall–Kier alpha value is -0.920. The predicted octanol–water partition coefficient (Wildman–Crippen LogP) is 5.19. The predicted molar refractivity (Wildman–Crippen MR) is 76.0 cm³/mol. The summed E-state index contributed by atoms with van der Waals surface area (Å²) in [6.07, 6.45) is 0. The molecule has 0 saturated carbocycles. The Morgan fingerprint density at radius 3 is 2.24 bits per heavy atom. The van der Waals surface area contributed by atoms with Crippen LogP contribution in [0.3, 0.4) is 0 Å². The van der Waals surface area contributed by atoms with Crippen molar-refractivity contribution in [3.8, 4) is 0 Å². The van der Waals surface area contributed by atoms with Gasteiger partial charge in [0.25, 0.3) is 0 Å². The van der Waals surface area contributed by atoms with Crippen molar-refractivity contribution in [3.05, 3.63) is 59.2 Å². The van der Waals surface area contributed by atoms with E-state index in [1.807, 2.05) is 0 Å². The maximum absolute atomic E-state index is 5.98. The molecule has 2 aromatic rings. The molecular formula is C15H15ClS. The molecule has 0 unspecified atom stereocenters. The molecule has 2 rings (SSSR count). The first kappa shape index (κ1) is 12.5. The van der Waals surface area contributed by atoms with Gasteiger partial charge < -0.3 is 0 Å². The molecule has 0 N–H and O–H groups in total. The highest BCUT2D eigenvalue weighted by Gasteiger charge is 2.04. The number of alkyl halides is 1. The van der Waals surface area contributed by atoms with Gasteiger partial charge in [0.1, 0.15) is 0 Å². The molecule has 17 heavy (non-hydrogen) atoms. The molecule has 2 aromatic carbocycles. The Morgan fingerprint density at radius 2 is 1.59 bits per heavy atom. The molecule has 0 aromatic heterocycles. The number of benzene rings is 2. The van der Waals surface area contributed by atoms with Gasteiger partial charge in [0, 0.05) is 15.7 Å². The average molecular weight is 263 g/mol. The SMILES string of the molecule is Cc1ccc(Sc2ccc(C)cc2CCl)cc1. The highest BCUT2D eigenvalue weighted by atomic mass is 35.5. The Kier molecular flexibility index (Phi) is 4.14. The second-order valence-corrected chi connectivity index (χ2v) is 5.54. The van der Waals surface area contributed by atoms with Crippen LogP contribution in [0.5, 0.6) is 0 Å². The van der Waals surface area contributed by atoms with Crippen LogP contribution in [0, 0.1) is 13.8 Å². The first-order chi connectivity index (χ1) is 8.19. The van der Waals surface area contributed by atoms with Crippen molar-refractivity contribution in [3.63, 3.8) is 0 Å². The zero-order chi connectivity index (χ0) is 12.3. The van der Waals surface area contributed by atoms with E-state index in [1.54, 1.807) is 11.8 Å². The molecule has 0 radical (unpaired) electrons. The Balaban J connectivity index is 2.26. The van der Waals surface area contributed by atoms with Crippen LogP contribution in [0.4, 0.5) is 0 Å². The number of rotatable bonds is 3. The summed E-state index contributed by atoms with van der Waals surface area (Å²) in [6, 6.07) is 15.0. The molecule has 0 aliphatic carbocycles. The molecule has 0 atom stereocenters. The normalized spacial score (nSPS) is 10.5. The van der Waals surface area contributed by atoms with Crippen LogP contribution in [0.15, 0.2) is 52.3 Å². The van der Waals surface area contributed by atoms with E-state index in [9.17, 15) is 0 Å². The van der Waals surface area contributed by atoms with E-state index < -0.39 is 0 Å². The maximum atomic E-state index is 5.98. The molecule has 0 spiro atoms. The Bertz CT molecular complexity index is 503. The number of hydrogen-bond acceptors (Lipinski definition) is 1. The van der Waals surface area contributed by atoms with Gasteiger partial charge in [-0.05, 0) is 37.6 Å². The molecular weight excluding hydrogens is 248 g/mol. The van der Waals surface area contributed by atoms with E-state index >= 15 is 0 Å². The van der Waals surface area contributed by atoms with E-state index in [-0.39, 0.29) is 0 Å². The first-order valence-corrected chi connectivity index (χ1v) is 6.94. The fraction of sp³-hybridized carbons (Fsp3) is 0.200. The zero-order valence-electron chi connectivity index (χ0n) is 10.0. The quantitative estimate of drug-likeness (QED) is 0.686. The van der Waals surface area contributed by atoms with E-state index in [0.717, 1.165) is 0 Å². The lowest BCUT2D eigenvalue weighted by Gasteiger charge is -2.08. The molecule has 0 amide bonds. The van der Waals surface area contributed by atoms with Gasteiger partial charge in [-0.2, -0.15) is 0 Å². The molecule has 0 aliphatic rings.